The first kappa shape index (κ1) is 21.4. The van der Waals surface area contributed by atoms with Crippen LogP contribution >= 0.6 is 15.9 Å². The minimum Gasteiger partial charge on any atom is -0.319 e. The first-order valence-corrected chi connectivity index (χ1v) is 11.7. The Morgan fingerprint density at radius 3 is 2.76 bits per heavy atom. The van der Waals surface area contributed by atoms with Crippen molar-refractivity contribution in [2.75, 3.05) is 5.32 Å². The van der Waals surface area contributed by atoms with Gasteiger partial charge in [-0.05, 0) is 62.6 Å². The predicted octanol–water partition coefficient (Wildman–Crippen LogP) is 5.86. The number of nitrogens with one attached hydrogen (secondary N) is 1. The highest BCUT2D eigenvalue weighted by molar-refractivity contribution is 9.10. The number of rotatable bonds is 5. The number of nitrogens with zero attached hydrogens (tertiary/aromatic N) is 4. The van der Waals surface area contributed by atoms with E-state index in [1.807, 2.05) is 61.0 Å². The van der Waals surface area contributed by atoms with Crippen LogP contribution in [-0.4, -0.2) is 20.7 Å². The van der Waals surface area contributed by atoms with Crippen molar-refractivity contribution in [1.82, 2.24) is 14.8 Å². The number of nitriles is 1. The Labute approximate surface area is 200 Å². The van der Waals surface area contributed by atoms with Gasteiger partial charge in [0, 0.05) is 21.5 Å². The van der Waals surface area contributed by atoms with Crippen LogP contribution in [0.3, 0.4) is 0 Å². The van der Waals surface area contributed by atoms with E-state index in [0.717, 1.165) is 50.9 Å². The molecule has 4 aromatic rings. The zero-order valence-electron chi connectivity index (χ0n) is 18.4. The van der Waals surface area contributed by atoms with E-state index in [1.54, 1.807) is 6.07 Å². The molecule has 2 aromatic carbocycles. The Bertz CT molecular complexity index is 1450. The lowest BCUT2D eigenvalue weighted by Crippen LogP contribution is -2.15. The molecule has 1 N–H and O–H groups in total. The molecule has 1 aliphatic rings. The lowest BCUT2D eigenvalue weighted by molar-refractivity contribution is 0.102. The maximum absolute atomic E-state index is 13.5. The van der Waals surface area contributed by atoms with Gasteiger partial charge < -0.3 is 5.32 Å². The molecule has 1 aliphatic carbocycles. The fraction of sp³-hybridized carbons (Fsp3) is 0.231. The van der Waals surface area contributed by atoms with Crippen LogP contribution in [0.5, 0.6) is 0 Å². The standard InChI is InChI=1S/C26H22BrN5O/c1-15-25(16(2)32(31-15)14-19-6-4-3-5-18(19)13-28)30-26(33)22-12-24(17-7-8-17)29-23-10-9-20(27)11-21(22)23/h3-6,9-12,17H,7-8,14H2,1-2H3,(H,30,33). The third kappa shape index (κ3) is 4.14. The van der Waals surface area contributed by atoms with E-state index in [2.05, 4.69) is 32.4 Å². The van der Waals surface area contributed by atoms with Gasteiger partial charge in [-0.15, -0.1) is 0 Å². The second-order valence-corrected chi connectivity index (χ2v) is 9.37. The minimum atomic E-state index is -0.175. The monoisotopic (exact) mass is 499 g/mol. The fourth-order valence-corrected chi connectivity index (χ4v) is 4.50. The number of anilines is 1. The molecule has 0 saturated heterocycles. The van der Waals surface area contributed by atoms with Crippen molar-refractivity contribution in [2.24, 2.45) is 0 Å². The molecule has 1 saturated carbocycles. The summed E-state index contributed by atoms with van der Waals surface area (Å²) in [6.45, 7) is 4.27. The third-order valence-electron chi connectivity index (χ3n) is 6.11. The van der Waals surface area contributed by atoms with Crippen molar-refractivity contribution < 1.29 is 4.79 Å². The summed E-state index contributed by atoms with van der Waals surface area (Å²) in [6, 6.07) is 17.5. The summed E-state index contributed by atoms with van der Waals surface area (Å²) >= 11 is 3.52. The zero-order valence-corrected chi connectivity index (χ0v) is 20.0. The van der Waals surface area contributed by atoms with E-state index < -0.39 is 0 Å². The van der Waals surface area contributed by atoms with Gasteiger partial charge in [-0.25, -0.2) is 0 Å². The minimum absolute atomic E-state index is 0.175. The average Bonchev–Trinajstić information content (AvgIpc) is 3.63. The molecule has 0 atom stereocenters. The van der Waals surface area contributed by atoms with Crippen LogP contribution in [0.1, 0.15) is 57.3 Å². The number of carbonyl (C=O) groups excluding carboxylic acids is 1. The van der Waals surface area contributed by atoms with E-state index in [4.69, 9.17) is 4.98 Å². The summed E-state index contributed by atoms with van der Waals surface area (Å²) in [5, 5.41) is 17.9. The third-order valence-corrected chi connectivity index (χ3v) is 6.60. The summed E-state index contributed by atoms with van der Waals surface area (Å²) in [5.74, 6) is 0.265. The molecule has 0 aliphatic heterocycles. The molecule has 5 rings (SSSR count). The van der Waals surface area contributed by atoms with E-state index in [-0.39, 0.29) is 5.91 Å². The molecule has 7 heteroatoms. The van der Waals surface area contributed by atoms with Gasteiger partial charge in [-0.1, -0.05) is 34.1 Å². The molecule has 6 nitrogen and oxygen atoms in total. The number of carbonyl (C=O) groups is 1. The second-order valence-electron chi connectivity index (χ2n) is 8.46. The predicted molar refractivity (Wildman–Crippen MR) is 131 cm³/mol. The van der Waals surface area contributed by atoms with Gasteiger partial charge in [-0.2, -0.15) is 10.4 Å². The summed E-state index contributed by atoms with van der Waals surface area (Å²) in [5.41, 5.74) is 6.21. The van der Waals surface area contributed by atoms with Gasteiger partial charge in [0.1, 0.15) is 0 Å². The van der Waals surface area contributed by atoms with Crippen molar-refractivity contribution in [2.45, 2.75) is 39.2 Å². The summed E-state index contributed by atoms with van der Waals surface area (Å²) in [4.78, 5) is 18.3. The Hall–Kier alpha value is -3.50. The number of amides is 1. The van der Waals surface area contributed by atoms with Crippen LogP contribution in [0.25, 0.3) is 10.9 Å². The van der Waals surface area contributed by atoms with E-state index in [1.165, 1.54) is 0 Å². The van der Waals surface area contributed by atoms with Crippen molar-refractivity contribution in [3.63, 3.8) is 0 Å². The molecule has 2 heterocycles. The van der Waals surface area contributed by atoms with Crippen molar-refractivity contribution in [1.29, 1.82) is 5.26 Å². The molecule has 2 aromatic heterocycles. The summed E-state index contributed by atoms with van der Waals surface area (Å²) in [6.07, 6.45) is 2.23. The molecule has 164 valence electrons. The van der Waals surface area contributed by atoms with E-state index in [0.29, 0.717) is 29.3 Å². The molecule has 0 radical (unpaired) electrons. The first-order valence-electron chi connectivity index (χ1n) is 10.9. The molecule has 0 bridgehead atoms. The summed E-state index contributed by atoms with van der Waals surface area (Å²) < 4.78 is 2.74. The highest BCUT2D eigenvalue weighted by Gasteiger charge is 2.27. The SMILES string of the molecule is Cc1nn(Cc2ccccc2C#N)c(C)c1NC(=O)c1cc(C2CC2)nc2ccc(Br)cc12. The number of aryl methyl sites for hydroxylation is 1. The van der Waals surface area contributed by atoms with Crippen molar-refractivity contribution in [3.8, 4) is 6.07 Å². The summed E-state index contributed by atoms with van der Waals surface area (Å²) in [7, 11) is 0. The van der Waals surface area contributed by atoms with Crippen LogP contribution in [-0.2, 0) is 6.54 Å². The van der Waals surface area contributed by atoms with Gasteiger partial charge in [0.05, 0.1) is 46.3 Å². The van der Waals surface area contributed by atoms with Crippen LogP contribution in [0.15, 0.2) is 53.0 Å². The van der Waals surface area contributed by atoms with Crippen LogP contribution < -0.4 is 5.32 Å². The van der Waals surface area contributed by atoms with Crippen molar-refractivity contribution >= 4 is 38.4 Å². The quantitative estimate of drug-likeness (QED) is 0.372. The van der Waals surface area contributed by atoms with Crippen LogP contribution in [0, 0.1) is 25.2 Å². The highest BCUT2D eigenvalue weighted by Crippen LogP contribution is 2.40. The molecule has 33 heavy (non-hydrogen) atoms. The number of halogens is 1. The molecule has 0 spiro atoms. The number of aromatic nitrogens is 3. The highest BCUT2D eigenvalue weighted by atomic mass is 79.9. The Morgan fingerprint density at radius 1 is 1.21 bits per heavy atom. The number of hydrogen-bond acceptors (Lipinski definition) is 4. The molecule has 1 fully saturated rings. The molecular weight excluding hydrogens is 478 g/mol. The lowest BCUT2D eigenvalue weighted by atomic mass is 10.0. The molecular formula is C26H22BrN5O. The number of pyridine rings is 1. The average molecular weight is 500 g/mol. The smallest absolute Gasteiger partial charge is 0.256 e. The van der Waals surface area contributed by atoms with Gasteiger partial charge in [0.25, 0.3) is 5.91 Å². The first-order chi connectivity index (χ1) is 15.9. The van der Waals surface area contributed by atoms with Gasteiger partial charge in [0.2, 0.25) is 0 Å². The van der Waals surface area contributed by atoms with Crippen LogP contribution in [0.2, 0.25) is 0 Å². The topological polar surface area (TPSA) is 83.6 Å². The maximum Gasteiger partial charge on any atom is 0.256 e. The van der Waals surface area contributed by atoms with Crippen LogP contribution in [0.4, 0.5) is 5.69 Å². The second kappa shape index (κ2) is 8.45. The lowest BCUT2D eigenvalue weighted by Gasteiger charge is -2.11. The number of hydrogen-bond donors (Lipinski definition) is 1. The molecule has 0 unspecified atom stereocenters. The van der Waals surface area contributed by atoms with Gasteiger partial charge >= 0.3 is 0 Å². The van der Waals surface area contributed by atoms with Crippen molar-refractivity contribution in [3.05, 3.63) is 86.8 Å². The zero-order chi connectivity index (χ0) is 23.1. The van der Waals surface area contributed by atoms with E-state index >= 15 is 0 Å². The Kier molecular flexibility index (Phi) is 5.47. The van der Waals surface area contributed by atoms with Gasteiger partial charge in [-0.3, -0.25) is 14.5 Å². The van der Waals surface area contributed by atoms with Gasteiger partial charge in [0.15, 0.2) is 0 Å². The number of benzene rings is 2. The molecule has 1 amide bonds. The largest absolute Gasteiger partial charge is 0.319 e. The Morgan fingerprint density at radius 2 is 2.00 bits per heavy atom. The van der Waals surface area contributed by atoms with E-state index in [9.17, 15) is 10.1 Å². The Balaban J connectivity index is 1.49. The maximum atomic E-state index is 13.5. The fourth-order valence-electron chi connectivity index (χ4n) is 4.14. The number of fused-ring (bicyclic) bond motifs is 1. The normalized spacial score (nSPS) is 13.2.